The van der Waals surface area contributed by atoms with Gasteiger partial charge in [0.05, 0.1) is 0 Å². The highest BCUT2D eigenvalue weighted by molar-refractivity contribution is 5.82. The Balaban J connectivity index is 1.91. The molecule has 0 aromatic carbocycles. The van der Waals surface area contributed by atoms with Crippen LogP contribution in [-0.2, 0) is 4.79 Å². The number of carbonyl (C=O) groups excluding carboxylic acids is 1. The Morgan fingerprint density at radius 1 is 1.23 bits per heavy atom. The van der Waals surface area contributed by atoms with E-state index in [-0.39, 0.29) is 16.9 Å². The summed E-state index contributed by atoms with van der Waals surface area (Å²) in [4.78, 5) is 11.4. The first-order valence-corrected chi connectivity index (χ1v) is 5.28. The second kappa shape index (κ2) is 2.27. The van der Waals surface area contributed by atoms with Crippen molar-refractivity contribution in [1.82, 2.24) is 10.6 Å². The number of carbonyl (C=O) groups is 1. The Hall–Kier alpha value is -0.570. The Morgan fingerprint density at radius 3 is 2.69 bits per heavy atom. The molecule has 72 valence electrons. The van der Waals surface area contributed by atoms with Gasteiger partial charge in [0.25, 0.3) is 0 Å². The smallest absolute Gasteiger partial charge is 0.221 e. The maximum Gasteiger partial charge on any atom is 0.221 e. The van der Waals surface area contributed by atoms with Gasteiger partial charge in [-0.15, -0.1) is 0 Å². The van der Waals surface area contributed by atoms with Gasteiger partial charge in [0.2, 0.25) is 5.91 Å². The lowest BCUT2D eigenvalue weighted by atomic mass is 9.72. The van der Waals surface area contributed by atoms with Gasteiger partial charge >= 0.3 is 0 Å². The number of fused-ring (bicyclic) bond motifs is 1. The van der Waals surface area contributed by atoms with Crippen LogP contribution in [0.4, 0.5) is 0 Å². The van der Waals surface area contributed by atoms with Crippen molar-refractivity contribution in [3.63, 3.8) is 0 Å². The van der Waals surface area contributed by atoms with Gasteiger partial charge in [0.15, 0.2) is 0 Å². The standard InChI is InChI=1S/C10H16N2O/c13-8-6-9(2-1-5-11-7-9)10(12-8)3-4-10/h11H,1-7H2,(H,12,13). The fourth-order valence-corrected chi connectivity index (χ4v) is 3.23. The van der Waals surface area contributed by atoms with Crippen LogP contribution in [0.2, 0.25) is 0 Å². The van der Waals surface area contributed by atoms with Crippen molar-refractivity contribution >= 4 is 5.91 Å². The molecule has 2 saturated heterocycles. The van der Waals surface area contributed by atoms with Crippen molar-refractivity contribution in [3.05, 3.63) is 0 Å². The zero-order valence-corrected chi connectivity index (χ0v) is 7.86. The predicted octanol–water partition coefficient (Wildman–Crippen LogP) is 0.409. The average Bonchev–Trinajstić information content (AvgIpc) is 2.82. The molecule has 2 aliphatic heterocycles. The lowest BCUT2D eigenvalue weighted by Gasteiger charge is -2.38. The molecule has 1 saturated carbocycles. The second-order valence-electron chi connectivity index (χ2n) is 4.87. The van der Waals surface area contributed by atoms with Crippen molar-refractivity contribution in [2.75, 3.05) is 13.1 Å². The Labute approximate surface area is 78.3 Å². The Bertz CT molecular complexity index is 252. The molecule has 0 radical (unpaired) electrons. The van der Waals surface area contributed by atoms with Crippen molar-refractivity contribution in [2.45, 2.75) is 37.6 Å². The van der Waals surface area contributed by atoms with E-state index >= 15 is 0 Å². The second-order valence-corrected chi connectivity index (χ2v) is 4.87. The van der Waals surface area contributed by atoms with E-state index in [1.165, 1.54) is 25.7 Å². The van der Waals surface area contributed by atoms with E-state index in [1.807, 2.05) is 0 Å². The molecule has 3 rings (SSSR count). The van der Waals surface area contributed by atoms with Crippen LogP contribution in [0.25, 0.3) is 0 Å². The molecule has 0 aromatic rings. The number of nitrogens with one attached hydrogen (secondary N) is 2. The minimum absolute atomic E-state index is 0.220. The highest BCUT2D eigenvalue weighted by atomic mass is 16.2. The molecule has 1 amide bonds. The lowest BCUT2D eigenvalue weighted by molar-refractivity contribution is -0.119. The molecule has 2 N–H and O–H groups in total. The van der Waals surface area contributed by atoms with E-state index in [4.69, 9.17) is 0 Å². The normalized spacial score (nSPS) is 41.1. The van der Waals surface area contributed by atoms with Gasteiger partial charge in [0, 0.05) is 23.9 Å². The number of piperidine rings is 1. The van der Waals surface area contributed by atoms with E-state index in [0.29, 0.717) is 0 Å². The third-order valence-electron chi connectivity index (χ3n) is 4.12. The predicted molar refractivity (Wildman–Crippen MR) is 49.3 cm³/mol. The van der Waals surface area contributed by atoms with Crippen molar-refractivity contribution in [1.29, 1.82) is 0 Å². The van der Waals surface area contributed by atoms with Gasteiger partial charge in [-0.1, -0.05) is 0 Å². The maximum atomic E-state index is 11.4. The van der Waals surface area contributed by atoms with Crippen molar-refractivity contribution < 1.29 is 4.79 Å². The van der Waals surface area contributed by atoms with Crippen LogP contribution >= 0.6 is 0 Å². The Morgan fingerprint density at radius 2 is 2.08 bits per heavy atom. The minimum atomic E-state index is 0.220. The molecule has 1 unspecified atom stereocenters. The van der Waals surface area contributed by atoms with Crippen LogP contribution in [0, 0.1) is 5.41 Å². The van der Waals surface area contributed by atoms with E-state index in [1.54, 1.807) is 0 Å². The summed E-state index contributed by atoms with van der Waals surface area (Å²) in [5.74, 6) is 0.279. The average molecular weight is 180 g/mol. The van der Waals surface area contributed by atoms with Crippen LogP contribution in [0.5, 0.6) is 0 Å². The number of hydrogen-bond acceptors (Lipinski definition) is 2. The third-order valence-corrected chi connectivity index (χ3v) is 4.12. The molecule has 3 nitrogen and oxygen atoms in total. The monoisotopic (exact) mass is 180 g/mol. The van der Waals surface area contributed by atoms with Gasteiger partial charge in [-0.2, -0.15) is 0 Å². The Kier molecular flexibility index (Phi) is 1.36. The fraction of sp³-hybridized carbons (Fsp3) is 0.900. The van der Waals surface area contributed by atoms with Crippen LogP contribution in [0.1, 0.15) is 32.1 Å². The van der Waals surface area contributed by atoms with E-state index in [2.05, 4.69) is 10.6 Å². The molecule has 2 heterocycles. The van der Waals surface area contributed by atoms with Gasteiger partial charge in [-0.05, 0) is 32.2 Å². The van der Waals surface area contributed by atoms with E-state index in [0.717, 1.165) is 19.5 Å². The molecule has 3 aliphatic rings. The third kappa shape index (κ3) is 0.909. The molecule has 1 atom stereocenters. The summed E-state index contributed by atoms with van der Waals surface area (Å²) in [6.45, 7) is 2.18. The number of hydrogen-bond donors (Lipinski definition) is 2. The fourth-order valence-electron chi connectivity index (χ4n) is 3.23. The molecule has 2 spiro atoms. The summed E-state index contributed by atoms with van der Waals surface area (Å²) in [5, 5.41) is 6.63. The van der Waals surface area contributed by atoms with E-state index in [9.17, 15) is 4.79 Å². The van der Waals surface area contributed by atoms with E-state index < -0.39 is 0 Å². The maximum absolute atomic E-state index is 11.4. The van der Waals surface area contributed by atoms with Gasteiger partial charge < -0.3 is 10.6 Å². The summed E-state index contributed by atoms with van der Waals surface area (Å²) in [6.07, 6.45) is 5.65. The first-order chi connectivity index (χ1) is 6.27. The summed E-state index contributed by atoms with van der Waals surface area (Å²) >= 11 is 0. The summed E-state index contributed by atoms with van der Waals surface area (Å²) < 4.78 is 0. The van der Waals surface area contributed by atoms with Gasteiger partial charge in [-0.25, -0.2) is 0 Å². The van der Waals surface area contributed by atoms with Crippen molar-refractivity contribution in [2.24, 2.45) is 5.41 Å². The molecular weight excluding hydrogens is 164 g/mol. The topological polar surface area (TPSA) is 41.1 Å². The highest BCUT2D eigenvalue weighted by Gasteiger charge is 2.64. The van der Waals surface area contributed by atoms with Crippen LogP contribution in [0.15, 0.2) is 0 Å². The molecule has 3 heteroatoms. The number of amides is 1. The first-order valence-electron chi connectivity index (χ1n) is 5.28. The van der Waals surface area contributed by atoms with Crippen molar-refractivity contribution in [3.8, 4) is 0 Å². The van der Waals surface area contributed by atoms with Crippen LogP contribution in [0.3, 0.4) is 0 Å². The molecule has 3 fully saturated rings. The molecule has 1 aliphatic carbocycles. The minimum Gasteiger partial charge on any atom is -0.350 e. The van der Waals surface area contributed by atoms with Gasteiger partial charge in [0.1, 0.15) is 0 Å². The molecule has 0 aromatic heterocycles. The SMILES string of the molecule is O=C1CC2(CCCNC2)C2(CC2)N1. The largest absolute Gasteiger partial charge is 0.350 e. The quantitative estimate of drug-likeness (QED) is 0.567. The van der Waals surface area contributed by atoms with Gasteiger partial charge in [-0.3, -0.25) is 4.79 Å². The van der Waals surface area contributed by atoms with Crippen LogP contribution in [-0.4, -0.2) is 24.5 Å². The molecule has 0 bridgehead atoms. The van der Waals surface area contributed by atoms with Crippen LogP contribution < -0.4 is 10.6 Å². The molecule has 13 heavy (non-hydrogen) atoms. The summed E-state index contributed by atoms with van der Waals surface area (Å²) in [6, 6.07) is 0. The summed E-state index contributed by atoms with van der Waals surface area (Å²) in [5.41, 5.74) is 0.500. The zero-order chi connectivity index (χ0) is 8.94. The zero-order valence-electron chi connectivity index (χ0n) is 7.86. The first kappa shape index (κ1) is 7.80. The molecular formula is C10H16N2O. The summed E-state index contributed by atoms with van der Waals surface area (Å²) in [7, 11) is 0. The lowest BCUT2D eigenvalue weighted by Crippen LogP contribution is -2.49. The number of rotatable bonds is 0. The highest BCUT2D eigenvalue weighted by Crippen LogP contribution is 2.58.